The second-order valence-electron chi connectivity index (χ2n) is 6.81. The number of halogens is 2. The molecule has 7 nitrogen and oxygen atoms in total. The van der Waals surface area contributed by atoms with Crippen molar-refractivity contribution >= 4 is 17.5 Å². The molecule has 0 bridgehead atoms. The van der Waals surface area contributed by atoms with Crippen molar-refractivity contribution in [3.63, 3.8) is 0 Å². The van der Waals surface area contributed by atoms with Crippen LogP contribution in [0, 0.1) is 11.6 Å². The van der Waals surface area contributed by atoms with E-state index >= 15 is 0 Å². The fourth-order valence-electron chi connectivity index (χ4n) is 2.80. The number of benzene rings is 1. The molecule has 0 fully saturated rings. The fraction of sp³-hybridized carbons (Fsp3) is 0.286. The van der Waals surface area contributed by atoms with E-state index < -0.39 is 11.6 Å². The van der Waals surface area contributed by atoms with Gasteiger partial charge in [-0.25, -0.2) is 13.8 Å². The highest BCUT2D eigenvalue weighted by Gasteiger charge is 2.09. The Bertz CT molecular complexity index is 991. The predicted molar refractivity (Wildman–Crippen MR) is 109 cm³/mol. The molecule has 158 valence electrons. The molecule has 0 aliphatic rings. The minimum absolute atomic E-state index is 0.158. The predicted octanol–water partition coefficient (Wildman–Crippen LogP) is 2.87. The molecule has 1 amide bonds. The van der Waals surface area contributed by atoms with Crippen molar-refractivity contribution in [1.82, 2.24) is 14.8 Å². The Kier molecular flexibility index (Phi) is 7.08. The van der Waals surface area contributed by atoms with Gasteiger partial charge in [0.05, 0.1) is 19.6 Å². The third-order valence-corrected chi connectivity index (χ3v) is 4.43. The van der Waals surface area contributed by atoms with Crippen molar-refractivity contribution in [3.05, 3.63) is 71.6 Å². The number of ether oxygens (including phenoxy) is 1. The molecular formula is C21H23F2N5O2. The number of hydrogen-bond acceptors (Lipinski definition) is 5. The normalized spacial score (nSPS) is 10.8. The number of nitrogens with zero attached hydrogens (tertiary/aromatic N) is 4. The van der Waals surface area contributed by atoms with Crippen LogP contribution in [-0.4, -0.2) is 48.0 Å². The molecule has 0 saturated heterocycles. The van der Waals surface area contributed by atoms with Crippen LogP contribution in [0.1, 0.15) is 11.1 Å². The van der Waals surface area contributed by atoms with Crippen molar-refractivity contribution in [2.24, 2.45) is 0 Å². The van der Waals surface area contributed by atoms with Crippen LogP contribution < -0.4 is 10.2 Å². The van der Waals surface area contributed by atoms with Crippen molar-refractivity contribution in [2.75, 3.05) is 37.5 Å². The van der Waals surface area contributed by atoms with E-state index in [1.165, 1.54) is 10.7 Å². The van der Waals surface area contributed by atoms with Crippen LogP contribution in [0.4, 0.5) is 20.4 Å². The molecule has 0 atom stereocenters. The molecule has 1 aromatic carbocycles. The van der Waals surface area contributed by atoms with Crippen LogP contribution in [-0.2, 0) is 22.5 Å². The number of methoxy groups -OCH3 is 1. The van der Waals surface area contributed by atoms with Crippen LogP contribution in [0.2, 0.25) is 0 Å². The number of rotatable bonds is 9. The number of amides is 1. The van der Waals surface area contributed by atoms with E-state index in [9.17, 15) is 13.6 Å². The van der Waals surface area contributed by atoms with E-state index in [1.807, 2.05) is 24.1 Å². The Morgan fingerprint density at radius 1 is 1.17 bits per heavy atom. The van der Waals surface area contributed by atoms with Gasteiger partial charge >= 0.3 is 0 Å². The first-order valence-corrected chi connectivity index (χ1v) is 9.37. The lowest BCUT2D eigenvalue weighted by Crippen LogP contribution is -2.23. The summed E-state index contributed by atoms with van der Waals surface area (Å²) in [5.41, 5.74) is 1.34. The second-order valence-corrected chi connectivity index (χ2v) is 6.81. The maximum Gasteiger partial charge on any atom is 0.230 e. The summed E-state index contributed by atoms with van der Waals surface area (Å²) in [4.78, 5) is 18.6. The van der Waals surface area contributed by atoms with Gasteiger partial charge < -0.3 is 15.0 Å². The van der Waals surface area contributed by atoms with Gasteiger partial charge in [0.1, 0.15) is 5.82 Å². The molecule has 0 saturated carbocycles. The smallest absolute Gasteiger partial charge is 0.230 e. The fourth-order valence-corrected chi connectivity index (χ4v) is 2.80. The maximum absolute atomic E-state index is 13.3. The number of carbonyl (C=O) groups excluding carboxylic acids is 1. The van der Waals surface area contributed by atoms with Crippen LogP contribution in [0.25, 0.3) is 0 Å². The molecule has 0 aliphatic carbocycles. The summed E-state index contributed by atoms with van der Waals surface area (Å²) in [5.74, 6) is -0.844. The Morgan fingerprint density at radius 2 is 1.97 bits per heavy atom. The minimum Gasteiger partial charge on any atom is -0.383 e. The second kappa shape index (κ2) is 9.93. The van der Waals surface area contributed by atoms with E-state index in [1.54, 1.807) is 25.6 Å². The highest BCUT2D eigenvalue weighted by molar-refractivity contribution is 5.91. The van der Waals surface area contributed by atoms with Crippen LogP contribution in [0.3, 0.4) is 0 Å². The van der Waals surface area contributed by atoms with Crippen molar-refractivity contribution in [2.45, 2.75) is 13.0 Å². The zero-order valence-electron chi connectivity index (χ0n) is 16.8. The zero-order valence-corrected chi connectivity index (χ0v) is 16.8. The Morgan fingerprint density at radius 3 is 2.67 bits per heavy atom. The maximum atomic E-state index is 13.3. The average Bonchev–Trinajstić information content (AvgIpc) is 3.16. The van der Waals surface area contributed by atoms with E-state index in [4.69, 9.17) is 4.74 Å². The van der Waals surface area contributed by atoms with Crippen molar-refractivity contribution in [1.29, 1.82) is 0 Å². The summed E-state index contributed by atoms with van der Waals surface area (Å²) < 4.78 is 32.9. The monoisotopic (exact) mass is 415 g/mol. The number of likely N-dealkylation sites (N-methyl/N-ethyl adjacent to an activating group) is 1. The summed E-state index contributed by atoms with van der Waals surface area (Å²) in [7, 11) is 3.57. The van der Waals surface area contributed by atoms with Gasteiger partial charge in [-0.2, -0.15) is 5.10 Å². The lowest BCUT2D eigenvalue weighted by molar-refractivity contribution is -0.115. The minimum atomic E-state index is -0.905. The molecule has 9 heteroatoms. The van der Waals surface area contributed by atoms with E-state index in [0.29, 0.717) is 18.0 Å². The topological polar surface area (TPSA) is 72.3 Å². The average molecular weight is 415 g/mol. The highest BCUT2D eigenvalue weighted by atomic mass is 19.2. The SMILES string of the molecule is COCCN(C)c1ccc(CC(=O)Nc2ccn(Cc3ccc(F)c(F)c3)n2)cn1. The van der Waals surface area contributed by atoms with Gasteiger partial charge in [0.2, 0.25) is 5.91 Å². The molecule has 3 rings (SSSR count). The first kappa shape index (κ1) is 21.4. The molecule has 30 heavy (non-hydrogen) atoms. The lowest BCUT2D eigenvalue weighted by Gasteiger charge is -2.17. The number of nitrogens with one attached hydrogen (secondary N) is 1. The van der Waals surface area contributed by atoms with Crippen LogP contribution in [0.5, 0.6) is 0 Å². The largest absolute Gasteiger partial charge is 0.383 e. The van der Waals surface area contributed by atoms with Gasteiger partial charge in [0, 0.05) is 39.2 Å². The van der Waals surface area contributed by atoms with E-state index in [0.717, 1.165) is 30.1 Å². The number of aromatic nitrogens is 3. The lowest BCUT2D eigenvalue weighted by atomic mass is 10.2. The summed E-state index contributed by atoms with van der Waals surface area (Å²) >= 11 is 0. The van der Waals surface area contributed by atoms with Crippen molar-refractivity contribution in [3.8, 4) is 0 Å². The van der Waals surface area contributed by atoms with Gasteiger partial charge in [0.25, 0.3) is 0 Å². The Labute approximate surface area is 173 Å². The van der Waals surface area contributed by atoms with Gasteiger partial charge in [-0.05, 0) is 29.3 Å². The Hall–Kier alpha value is -3.33. The molecule has 2 heterocycles. The Balaban J connectivity index is 1.53. The molecule has 0 spiro atoms. The molecule has 2 aromatic heterocycles. The summed E-state index contributed by atoms with van der Waals surface area (Å²) in [5, 5.41) is 6.96. The molecular weight excluding hydrogens is 392 g/mol. The number of hydrogen-bond donors (Lipinski definition) is 1. The van der Waals surface area contributed by atoms with Gasteiger partial charge in [-0.1, -0.05) is 12.1 Å². The van der Waals surface area contributed by atoms with Crippen molar-refractivity contribution < 1.29 is 18.3 Å². The van der Waals surface area contributed by atoms with E-state index in [2.05, 4.69) is 15.4 Å². The first-order chi connectivity index (χ1) is 14.4. The van der Waals surface area contributed by atoms with Crippen LogP contribution >= 0.6 is 0 Å². The molecule has 0 radical (unpaired) electrons. The number of carbonyl (C=O) groups is 1. The first-order valence-electron chi connectivity index (χ1n) is 9.37. The zero-order chi connectivity index (χ0) is 21.5. The van der Waals surface area contributed by atoms with Gasteiger partial charge in [0.15, 0.2) is 17.5 Å². The van der Waals surface area contributed by atoms with Crippen LogP contribution in [0.15, 0.2) is 48.8 Å². The summed E-state index contributed by atoms with van der Waals surface area (Å²) in [6, 6.07) is 9.04. The summed E-state index contributed by atoms with van der Waals surface area (Å²) in [6.07, 6.45) is 3.48. The molecule has 0 aliphatic heterocycles. The molecule has 3 aromatic rings. The standard InChI is InChI=1S/C21H23F2N5O2/c1-27(9-10-30-2)20-6-4-15(13-24-20)12-21(29)25-19-7-8-28(26-19)14-16-3-5-17(22)18(23)11-16/h3-8,11,13H,9-10,12,14H2,1-2H3,(H,25,26,29). The summed E-state index contributed by atoms with van der Waals surface area (Å²) in [6.45, 7) is 1.58. The third-order valence-electron chi connectivity index (χ3n) is 4.43. The number of pyridine rings is 1. The number of anilines is 2. The van der Waals surface area contributed by atoms with E-state index in [-0.39, 0.29) is 18.9 Å². The van der Waals surface area contributed by atoms with Gasteiger partial charge in [-0.3, -0.25) is 9.48 Å². The quantitative estimate of drug-likeness (QED) is 0.582. The highest BCUT2D eigenvalue weighted by Crippen LogP contribution is 2.13. The third kappa shape index (κ3) is 5.84. The van der Waals surface area contributed by atoms with Gasteiger partial charge in [-0.15, -0.1) is 0 Å². The molecule has 0 unspecified atom stereocenters. The molecule has 1 N–H and O–H groups in total.